The lowest BCUT2D eigenvalue weighted by Gasteiger charge is -2.14. The predicted octanol–water partition coefficient (Wildman–Crippen LogP) is 0.984. The maximum atomic E-state index is 11.9. The molecule has 1 aromatic rings. The van der Waals surface area contributed by atoms with Gasteiger partial charge in [0, 0.05) is 12.6 Å². The number of nitrogens with zero attached hydrogens (tertiary/aromatic N) is 2. The first kappa shape index (κ1) is 13.6. The Balaban J connectivity index is 2.66. The van der Waals surface area contributed by atoms with Crippen LogP contribution in [0.4, 0.5) is 0 Å². The van der Waals surface area contributed by atoms with E-state index in [9.17, 15) is 4.79 Å². The molecule has 94 valence electrons. The Labute approximate surface area is 101 Å². The summed E-state index contributed by atoms with van der Waals surface area (Å²) >= 11 is 0. The summed E-state index contributed by atoms with van der Waals surface area (Å²) in [4.78, 5) is 11.9. The molecule has 0 saturated carbocycles. The highest BCUT2D eigenvalue weighted by molar-refractivity contribution is 5.95. The Morgan fingerprint density at radius 2 is 2.18 bits per heavy atom. The van der Waals surface area contributed by atoms with Crippen molar-refractivity contribution in [1.29, 1.82) is 0 Å². The minimum absolute atomic E-state index is 0.0440. The normalized spacial score (nSPS) is 12.2. The number of rotatable bonds is 5. The van der Waals surface area contributed by atoms with Gasteiger partial charge in [0.1, 0.15) is 0 Å². The quantitative estimate of drug-likeness (QED) is 0.800. The molecule has 0 radical (unpaired) electrons. The highest BCUT2D eigenvalue weighted by atomic mass is 16.2. The highest BCUT2D eigenvalue weighted by Crippen LogP contribution is 2.06. The van der Waals surface area contributed by atoms with E-state index >= 15 is 0 Å². The molecule has 1 rings (SSSR count). The van der Waals surface area contributed by atoms with Crippen LogP contribution in [0, 0.1) is 13.8 Å². The first-order chi connectivity index (χ1) is 8.04. The van der Waals surface area contributed by atoms with E-state index in [1.165, 1.54) is 0 Å². The van der Waals surface area contributed by atoms with Crippen molar-refractivity contribution in [1.82, 2.24) is 15.5 Å². The molecule has 5 heteroatoms. The summed E-state index contributed by atoms with van der Waals surface area (Å²) in [6, 6.07) is 1.78. The van der Waals surface area contributed by atoms with Gasteiger partial charge in [-0.1, -0.05) is 0 Å². The van der Waals surface area contributed by atoms with E-state index in [1.54, 1.807) is 19.9 Å². The fourth-order valence-corrected chi connectivity index (χ4v) is 1.55. The molecule has 0 aliphatic rings. The van der Waals surface area contributed by atoms with Gasteiger partial charge in [0.2, 0.25) is 0 Å². The lowest BCUT2D eigenvalue weighted by molar-refractivity contribution is 0.0935. The van der Waals surface area contributed by atoms with Gasteiger partial charge in [-0.2, -0.15) is 10.2 Å². The zero-order valence-electron chi connectivity index (χ0n) is 10.5. The molecule has 1 heterocycles. The number of amides is 1. The van der Waals surface area contributed by atoms with Gasteiger partial charge in [-0.3, -0.25) is 4.79 Å². The molecule has 1 atom stereocenters. The van der Waals surface area contributed by atoms with Gasteiger partial charge in [0.25, 0.3) is 5.91 Å². The number of aliphatic hydroxyl groups excluding tert-OH is 1. The van der Waals surface area contributed by atoms with Crippen LogP contribution < -0.4 is 5.32 Å². The number of hydrogen-bond acceptors (Lipinski definition) is 4. The van der Waals surface area contributed by atoms with E-state index in [-0.39, 0.29) is 18.6 Å². The lowest BCUT2D eigenvalue weighted by Crippen LogP contribution is -2.33. The SMILES string of the molecule is Cc1cc(C(=O)NC(C)CCCO)c(C)nn1. The number of hydrogen-bond donors (Lipinski definition) is 2. The van der Waals surface area contributed by atoms with Gasteiger partial charge in [0.05, 0.1) is 17.0 Å². The van der Waals surface area contributed by atoms with E-state index in [0.29, 0.717) is 17.7 Å². The number of aliphatic hydroxyl groups is 1. The smallest absolute Gasteiger partial charge is 0.253 e. The van der Waals surface area contributed by atoms with Crippen LogP contribution >= 0.6 is 0 Å². The van der Waals surface area contributed by atoms with Crippen molar-refractivity contribution in [3.63, 3.8) is 0 Å². The molecule has 5 nitrogen and oxygen atoms in total. The van der Waals surface area contributed by atoms with E-state index < -0.39 is 0 Å². The van der Waals surface area contributed by atoms with Crippen LogP contribution in [0.3, 0.4) is 0 Å². The Bertz CT molecular complexity index is 393. The molecule has 0 aliphatic carbocycles. The molecule has 0 fully saturated rings. The van der Waals surface area contributed by atoms with Gasteiger partial charge >= 0.3 is 0 Å². The second kappa shape index (κ2) is 6.30. The zero-order chi connectivity index (χ0) is 12.8. The minimum Gasteiger partial charge on any atom is -0.396 e. The van der Waals surface area contributed by atoms with E-state index in [2.05, 4.69) is 15.5 Å². The average Bonchev–Trinajstić information content (AvgIpc) is 2.29. The van der Waals surface area contributed by atoms with Crippen LogP contribution in [0.1, 0.15) is 41.5 Å². The van der Waals surface area contributed by atoms with Gasteiger partial charge < -0.3 is 10.4 Å². The van der Waals surface area contributed by atoms with Crippen LogP contribution in [0.2, 0.25) is 0 Å². The molecule has 1 amide bonds. The number of aryl methyl sites for hydroxylation is 2. The fourth-order valence-electron chi connectivity index (χ4n) is 1.55. The minimum atomic E-state index is -0.133. The zero-order valence-corrected chi connectivity index (χ0v) is 10.5. The molecule has 0 spiro atoms. The Morgan fingerprint density at radius 3 is 2.82 bits per heavy atom. The number of aromatic nitrogens is 2. The molecule has 1 aromatic heterocycles. The molecule has 0 aromatic carbocycles. The van der Waals surface area contributed by atoms with Crippen molar-refractivity contribution < 1.29 is 9.90 Å². The summed E-state index contributed by atoms with van der Waals surface area (Å²) in [5.41, 5.74) is 1.92. The van der Waals surface area contributed by atoms with Gasteiger partial charge in [0.15, 0.2) is 0 Å². The largest absolute Gasteiger partial charge is 0.396 e. The van der Waals surface area contributed by atoms with Crippen molar-refractivity contribution in [2.75, 3.05) is 6.61 Å². The number of nitrogens with one attached hydrogen (secondary N) is 1. The molecule has 0 bridgehead atoms. The predicted molar refractivity (Wildman–Crippen MR) is 64.8 cm³/mol. The fraction of sp³-hybridized carbons (Fsp3) is 0.583. The first-order valence-electron chi connectivity index (χ1n) is 5.77. The molecular weight excluding hydrogens is 218 g/mol. The van der Waals surface area contributed by atoms with Crippen LogP contribution in [0.25, 0.3) is 0 Å². The molecule has 2 N–H and O–H groups in total. The molecule has 0 aliphatic heterocycles. The van der Waals surface area contributed by atoms with Crippen molar-refractivity contribution in [3.8, 4) is 0 Å². The summed E-state index contributed by atoms with van der Waals surface area (Å²) in [7, 11) is 0. The molecular formula is C12H19N3O2. The van der Waals surface area contributed by atoms with Crippen molar-refractivity contribution in [2.45, 2.75) is 39.7 Å². The Kier molecular flexibility index (Phi) is 5.03. The monoisotopic (exact) mass is 237 g/mol. The molecule has 17 heavy (non-hydrogen) atoms. The summed E-state index contributed by atoms with van der Waals surface area (Å²) in [6.07, 6.45) is 1.45. The lowest BCUT2D eigenvalue weighted by atomic mass is 10.1. The van der Waals surface area contributed by atoms with E-state index in [0.717, 1.165) is 12.1 Å². The summed E-state index contributed by atoms with van der Waals surface area (Å²) in [5.74, 6) is -0.133. The summed E-state index contributed by atoms with van der Waals surface area (Å²) in [5, 5.41) is 19.4. The second-order valence-corrected chi connectivity index (χ2v) is 4.23. The van der Waals surface area contributed by atoms with Gasteiger partial charge in [-0.15, -0.1) is 0 Å². The van der Waals surface area contributed by atoms with Crippen LogP contribution in [0.5, 0.6) is 0 Å². The third kappa shape index (κ3) is 4.11. The maximum Gasteiger partial charge on any atom is 0.253 e. The number of carbonyl (C=O) groups excluding carboxylic acids is 1. The van der Waals surface area contributed by atoms with Gasteiger partial charge in [-0.25, -0.2) is 0 Å². The third-order valence-electron chi connectivity index (χ3n) is 2.52. The number of carbonyl (C=O) groups is 1. The van der Waals surface area contributed by atoms with Crippen molar-refractivity contribution >= 4 is 5.91 Å². The standard InChI is InChI=1S/C12H19N3O2/c1-8(5-4-6-16)13-12(17)11-7-9(2)14-15-10(11)3/h7-8,16H,4-6H2,1-3H3,(H,13,17). The highest BCUT2D eigenvalue weighted by Gasteiger charge is 2.13. The van der Waals surface area contributed by atoms with Crippen molar-refractivity contribution in [2.24, 2.45) is 0 Å². The molecule has 0 saturated heterocycles. The first-order valence-corrected chi connectivity index (χ1v) is 5.77. The molecule has 1 unspecified atom stereocenters. The second-order valence-electron chi connectivity index (χ2n) is 4.23. The van der Waals surface area contributed by atoms with Crippen molar-refractivity contribution in [3.05, 3.63) is 23.0 Å². The van der Waals surface area contributed by atoms with Crippen LogP contribution in [-0.2, 0) is 0 Å². The average molecular weight is 237 g/mol. The summed E-state index contributed by atoms with van der Waals surface area (Å²) < 4.78 is 0. The van der Waals surface area contributed by atoms with Crippen LogP contribution in [0.15, 0.2) is 6.07 Å². The van der Waals surface area contributed by atoms with Crippen LogP contribution in [-0.4, -0.2) is 33.9 Å². The topological polar surface area (TPSA) is 75.1 Å². The van der Waals surface area contributed by atoms with Gasteiger partial charge in [-0.05, 0) is 39.7 Å². The van der Waals surface area contributed by atoms with E-state index in [4.69, 9.17) is 5.11 Å². The summed E-state index contributed by atoms with van der Waals surface area (Å²) in [6.45, 7) is 5.64. The Hall–Kier alpha value is -1.49. The Morgan fingerprint density at radius 1 is 1.47 bits per heavy atom. The maximum absolute atomic E-state index is 11.9. The van der Waals surface area contributed by atoms with E-state index in [1.807, 2.05) is 6.92 Å². The third-order valence-corrected chi connectivity index (χ3v) is 2.52.